The molecule has 1 aromatic rings. The lowest BCUT2D eigenvalue weighted by Gasteiger charge is -2.34. The van der Waals surface area contributed by atoms with Gasteiger partial charge in [0.25, 0.3) is 0 Å². The number of guanidine groups is 1. The number of ether oxygens (including phenoxy) is 1. The van der Waals surface area contributed by atoms with Crippen LogP contribution in [0, 0.1) is 5.92 Å². The van der Waals surface area contributed by atoms with E-state index in [0.717, 1.165) is 42.5 Å². The summed E-state index contributed by atoms with van der Waals surface area (Å²) in [6.45, 7) is 3.73. The Bertz CT molecular complexity index is 590. The molecule has 0 spiro atoms. The lowest BCUT2D eigenvalue weighted by Crippen LogP contribution is -2.46. The van der Waals surface area contributed by atoms with Gasteiger partial charge in [0.05, 0.1) is 13.2 Å². The van der Waals surface area contributed by atoms with Gasteiger partial charge in [-0.15, -0.1) is 24.0 Å². The van der Waals surface area contributed by atoms with Crippen LogP contribution in [0.5, 0.6) is 0 Å². The third kappa shape index (κ3) is 8.66. The average Bonchev–Trinajstić information content (AvgIpc) is 2.67. The Balaban J connectivity index is 0.00000364. The zero-order valence-corrected chi connectivity index (χ0v) is 19.1. The van der Waals surface area contributed by atoms with E-state index in [9.17, 15) is 4.79 Å². The van der Waals surface area contributed by atoms with E-state index in [2.05, 4.69) is 20.5 Å². The highest BCUT2D eigenvalue weighted by Gasteiger charge is 2.22. The predicted octanol–water partition coefficient (Wildman–Crippen LogP) is 2.90. The maximum atomic E-state index is 11.5. The predicted molar refractivity (Wildman–Crippen MR) is 121 cm³/mol. The number of benzene rings is 1. The molecule has 0 aromatic heterocycles. The van der Waals surface area contributed by atoms with Crippen LogP contribution in [0.4, 0.5) is 0 Å². The number of hydrogen-bond acceptors (Lipinski definition) is 3. The van der Waals surface area contributed by atoms with E-state index in [1.54, 1.807) is 14.1 Å². The minimum Gasteiger partial charge on any atom is -0.375 e. The summed E-state index contributed by atoms with van der Waals surface area (Å²) in [5.41, 5.74) is 1.11. The van der Waals surface area contributed by atoms with Crippen molar-refractivity contribution in [2.45, 2.75) is 25.9 Å². The van der Waals surface area contributed by atoms with Crippen molar-refractivity contribution >= 4 is 47.4 Å². The molecule has 2 rings (SSSR count). The van der Waals surface area contributed by atoms with Gasteiger partial charge in [-0.1, -0.05) is 23.7 Å². The van der Waals surface area contributed by atoms with E-state index in [0.29, 0.717) is 32.1 Å². The van der Waals surface area contributed by atoms with Gasteiger partial charge in [-0.05, 0) is 36.5 Å². The van der Waals surface area contributed by atoms with Crippen molar-refractivity contribution in [3.63, 3.8) is 0 Å². The number of piperidine rings is 1. The average molecular weight is 509 g/mol. The molecule has 0 unspecified atom stereocenters. The van der Waals surface area contributed by atoms with Crippen molar-refractivity contribution in [2.75, 3.05) is 40.3 Å². The van der Waals surface area contributed by atoms with Crippen LogP contribution < -0.4 is 10.6 Å². The van der Waals surface area contributed by atoms with Crippen LogP contribution >= 0.6 is 35.6 Å². The van der Waals surface area contributed by atoms with Crippen LogP contribution in [0.2, 0.25) is 5.02 Å². The molecule has 1 fully saturated rings. The van der Waals surface area contributed by atoms with E-state index in [1.165, 1.54) is 0 Å². The fraction of sp³-hybridized carbons (Fsp3) is 0.579. The molecule has 0 aliphatic carbocycles. The summed E-state index contributed by atoms with van der Waals surface area (Å²) in [6.07, 6.45) is 2.65. The van der Waals surface area contributed by atoms with Crippen LogP contribution in [0.15, 0.2) is 29.3 Å². The summed E-state index contributed by atoms with van der Waals surface area (Å²) in [6, 6.07) is 7.68. The quantitative estimate of drug-likeness (QED) is 0.257. The standard InChI is InChI=1S/C19H29ClN4O2.HI/c1-21-18(25)13-15-7-10-24(11-8-15)19(22-2)23-9-12-26-14-16-3-5-17(20)6-4-16;/h3-6,15H,7-14H2,1-2H3,(H,21,25)(H,22,23);1H. The highest BCUT2D eigenvalue weighted by Crippen LogP contribution is 2.20. The molecule has 1 aliphatic heterocycles. The summed E-state index contributed by atoms with van der Waals surface area (Å²) in [7, 11) is 3.49. The summed E-state index contributed by atoms with van der Waals surface area (Å²) < 4.78 is 5.69. The number of carbonyl (C=O) groups excluding carboxylic acids is 1. The second-order valence-corrected chi connectivity index (χ2v) is 6.90. The molecule has 0 saturated carbocycles. The third-order valence-corrected chi connectivity index (χ3v) is 4.84. The van der Waals surface area contributed by atoms with Crippen molar-refractivity contribution in [3.8, 4) is 0 Å². The highest BCUT2D eigenvalue weighted by molar-refractivity contribution is 14.0. The van der Waals surface area contributed by atoms with Gasteiger partial charge >= 0.3 is 0 Å². The van der Waals surface area contributed by atoms with E-state index in [4.69, 9.17) is 16.3 Å². The molecule has 8 heteroatoms. The SMILES string of the molecule is CN=C(NCCOCc1ccc(Cl)cc1)N1CCC(CC(=O)NC)CC1.I. The van der Waals surface area contributed by atoms with Gasteiger partial charge in [-0.2, -0.15) is 0 Å². The number of rotatable bonds is 7. The van der Waals surface area contributed by atoms with Gasteiger partial charge in [-0.3, -0.25) is 9.79 Å². The second kappa shape index (κ2) is 13.2. The first-order valence-corrected chi connectivity index (χ1v) is 9.48. The summed E-state index contributed by atoms with van der Waals surface area (Å²) in [4.78, 5) is 18.1. The zero-order valence-electron chi connectivity index (χ0n) is 16.0. The molecule has 27 heavy (non-hydrogen) atoms. The molecule has 2 N–H and O–H groups in total. The minimum atomic E-state index is 0. The maximum absolute atomic E-state index is 11.5. The first-order chi connectivity index (χ1) is 12.6. The molecule has 1 aliphatic rings. The molecule has 152 valence electrons. The number of halogens is 2. The fourth-order valence-corrected chi connectivity index (χ4v) is 3.18. The highest BCUT2D eigenvalue weighted by atomic mass is 127. The normalized spacial score (nSPS) is 15.2. The fourth-order valence-electron chi connectivity index (χ4n) is 3.05. The van der Waals surface area contributed by atoms with Gasteiger partial charge in [0.1, 0.15) is 0 Å². The topological polar surface area (TPSA) is 66.0 Å². The number of carbonyl (C=O) groups is 1. The summed E-state index contributed by atoms with van der Waals surface area (Å²) >= 11 is 5.87. The Morgan fingerprint density at radius 1 is 1.30 bits per heavy atom. The lowest BCUT2D eigenvalue weighted by molar-refractivity contribution is -0.121. The number of nitrogens with one attached hydrogen (secondary N) is 2. The molecular weight excluding hydrogens is 479 g/mol. The zero-order chi connectivity index (χ0) is 18.8. The molecule has 1 aromatic carbocycles. The number of hydrogen-bond donors (Lipinski definition) is 2. The van der Waals surface area contributed by atoms with Gasteiger partial charge in [0.15, 0.2) is 5.96 Å². The van der Waals surface area contributed by atoms with Crippen LogP contribution in [0.3, 0.4) is 0 Å². The van der Waals surface area contributed by atoms with E-state index >= 15 is 0 Å². The number of amides is 1. The number of nitrogens with zero attached hydrogens (tertiary/aromatic N) is 2. The number of aliphatic imine (C=N–C) groups is 1. The number of likely N-dealkylation sites (tertiary alicyclic amines) is 1. The third-order valence-electron chi connectivity index (χ3n) is 4.59. The second-order valence-electron chi connectivity index (χ2n) is 6.46. The van der Waals surface area contributed by atoms with Crippen LogP contribution in [0.25, 0.3) is 0 Å². The molecule has 1 heterocycles. The van der Waals surface area contributed by atoms with Crippen molar-refractivity contribution < 1.29 is 9.53 Å². The van der Waals surface area contributed by atoms with Crippen molar-refractivity contribution in [2.24, 2.45) is 10.9 Å². The van der Waals surface area contributed by atoms with Crippen molar-refractivity contribution in [3.05, 3.63) is 34.9 Å². The monoisotopic (exact) mass is 508 g/mol. The minimum absolute atomic E-state index is 0. The molecule has 0 bridgehead atoms. The van der Waals surface area contributed by atoms with Gasteiger partial charge < -0.3 is 20.3 Å². The van der Waals surface area contributed by atoms with Crippen LogP contribution in [-0.4, -0.2) is 57.1 Å². The molecule has 1 saturated heterocycles. The van der Waals surface area contributed by atoms with Gasteiger partial charge in [0, 0.05) is 45.2 Å². The summed E-state index contributed by atoms with van der Waals surface area (Å²) in [5, 5.41) is 6.79. The van der Waals surface area contributed by atoms with E-state index in [1.807, 2.05) is 24.3 Å². The Kier molecular flexibility index (Phi) is 11.7. The Morgan fingerprint density at radius 3 is 2.56 bits per heavy atom. The molecule has 1 amide bonds. The van der Waals surface area contributed by atoms with Crippen molar-refractivity contribution in [1.82, 2.24) is 15.5 Å². The summed E-state index contributed by atoms with van der Waals surface area (Å²) in [5.74, 6) is 1.49. The van der Waals surface area contributed by atoms with Crippen LogP contribution in [-0.2, 0) is 16.1 Å². The van der Waals surface area contributed by atoms with Gasteiger partial charge in [0.2, 0.25) is 5.91 Å². The molecular formula is C19H30ClIN4O2. The first kappa shape index (κ1) is 24.0. The van der Waals surface area contributed by atoms with Crippen molar-refractivity contribution in [1.29, 1.82) is 0 Å². The van der Waals surface area contributed by atoms with E-state index in [-0.39, 0.29) is 29.9 Å². The first-order valence-electron chi connectivity index (χ1n) is 9.10. The van der Waals surface area contributed by atoms with Crippen LogP contribution in [0.1, 0.15) is 24.8 Å². The van der Waals surface area contributed by atoms with Gasteiger partial charge in [-0.25, -0.2) is 0 Å². The van der Waals surface area contributed by atoms with E-state index < -0.39 is 0 Å². The smallest absolute Gasteiger partial charge is 0.220 e. The Hall–Kier alpha value is -1.06. The Morgan fingerprint density at radius 2 is 1.96 bits per heavy atom. The molecule has 0 radical (unpaired) electrons. The Labute approximate surface area is 184 Å². The molecule has 0 atom stereocenters. The largest absolute Gasteiger partial charge is 0.375 e. The lowest BCUT2D eigenvalue weighted by atomic mass is 9.93. The maximum Gasteiger partial charge on any atom is 0.220 e. The molecule has 6 nitrogen and oxygen atoms in total.